The molecule has 0 bridgehead atoms. The summed E-state index contributed by atoms with van der Waals surface area (Å²) >= 11 is 0. The van der Waals surface area contributed by atoms with Crippen molar-refractivity contribution in [1.29, 1.82) is 0 Å². The molecule has 3 rings (SSSR count). The smallest absolute Gasteiger partial charge is 0.0560 e. The summed E-state index contributed by atoms with van der Waals surface area (Å²) in [6.45, 7) is 3.45. The van der Waals surface area contributed by atoms with E-state index in [4.69, 9.17) is 0 Å². The SMILES string of the molecule is Cn1c([C@@]2(C)CCCN2)cc2ccccc21. The zero-order valence-corrected chi connectivity index (χ0v) is 9.96. The van der Waals surface area contributed by atoms with E-state index in [2.05, 4.69) is 54.2 Å². The van der Waals surface area contributed by atoms with Crippen LogP contribution < -0.4 is 5.32 Å². The predicted molar refractivity (Wildman–Crippen MR) is 67.5 cm³/mol. The Kier molecular flexibility index (Phi) is 2.08. The number of para-hydroxylation sites is 1. The molecule has 2 aromatic rings. The lowest BCUT2D eigenvalue weighted by molar-refractivity contribution is 0.410. The summed E-state index contributed by atoms with van der Waals surface area (Å²) in [7, 11) is 2.17. The van der Waals surface area contributed by atoms with E-state index in [-0.39, 0.29) is 5.54 Å². The Labute approximate surface area is 96.3 Å². The van der Waals surface area contributed by atoms with E-state index in [1.54, 1.807) is 0 Å². The van der Waals surface area contributed by atoms with Gasteiger partial charge in [-0.2, -0.15) is 0 Å². The highest BCUT2D eigenvalue weighted by Gasteiger charge is 2.32. The first-order valence-corrected chi connectivity index (χ1v) is 6.01. The maximum Gasteiger partial charge on any atom is 0.0560 e. The first-order valence-electron chi connectivity index (χ1n) is 6.01. The fourth-order valence-electron chi connectivity index (χ4n) is 2.93. The van der Waals surface area contributed by atoms with Crippen LogP contribution in [-0.2, 0) is 12.6 Å². The van der Waals surface area contributed by atoms with Crippen molar-refractivity contribution in [2.24, 2.45) is 7.05 Å². The number of hydrogen-bond acceptors (Lipinski definition) is 1. The summed E-state index contributed by atoms with van der Waals surface area (Å²) in [4.78, 5) is 0. The van der Waals surface area contributed by atoms with Gasteiger partial charge >= 0.3 is 0 Å². The lowest BCUT2D eigenvalue weighted by atomic mass is 9.96. The van der Waals surface area contributed by atoms with Crippen LogP contribution in [0.5, 0.6) is 0 Å². The predicted octanol–water partition coefficient (Wildman–Crippen LogP) is 2.78. The van der Waals surface area contributed by atoms with Gasteiger partial charge in [0.15, 0.2) is 0 Å². The molecule has 84 valence electrons. The van der Waals surface area contributed by atoms with Crippen LogP contribution >= 0.6 is 0 Å². The third kappa shape index (κ3) is 1.30. The van der Waals surface area contributed by atoms with Crippen molar-refractivity contribution in [3.63, 3.8) is 0 Å². The van der Waals surface area contributed by atoms with Gasteiger partial charge in [0, 0.05) is 18.3 Å². The van der Waals surface area contributed by atoms with Crippen molar-refractivity contribution in [2.45, 2.75) is 25.3 Å². The van der Waals surface area contributed by atoms with Crippen LogP contribution in [0.3, 0.4) is 0 Å². The molecular formula is C14H18N2. The molecule has 0 radical (unpaired) electrons. The standard InChI is InChI=1S/C14H18N2/c1-14(8-5-9-15-14)13-10-11-6-3-4-7-12(11)16(13)2/h3-4,6-7,10,15H,5,8-9H2,1-2H3/t14-/m1/s1. The number of aryl methyl sites for hydroxylation is 1. The lowest BCUT2D eigenvalue weighted by Crippen LogP contribution is -2.34. The van der Waals surface area contributed by atoms with E-state index >= 15 is 0 Å². The molecule has 2 heteroatoms. The second-order valence-electron chi connectivity index (χ2n) is 5.01. The number of aromatic nitrogens is 1. The van der Waals surface area contributed by atoms with E-state index in [1.165, 1.54) is 29.4 Å². The Morgan fingerprint density at radius 1 is 1.31 bits per heavy atom. The van der Waals surface area contributed by atoms with Crippen LogP contribution in [0.4, 0.5) is 0 Å². The number of benzene rings is 1. The summed E-state index contributed by atoms with van der Waals surface area (Å²) < 4.78 is 2.33. The molecule has 16 heavy (non-hydrogen) atoms. The molecule has 1 aliphatic heterocycles. The van der Waals surface area contributed by atoms with Crippen LogP contribution in [0, 0.1) is 0 Å². The molecule has 1 atom stereocenters. The molecule has 1 N–H and O–H groups in total. The third-order valence-corrected chi connectivity index (χ3v) is 3.89. The van der Waals surface area contributed by atoms with Crippen LogP contribution in [-0.4, -0.2) is 11.1 Å². The molecule has 0 amide bonds. The molecule has 1 fully saturated rings. The molecule has 0 aliphatic carbocycles. The van der Waals surface area contributed by atoms with Crippen LogP contribution in [0.15, 0.2) is 30.3 Å². The minimum Gasteiger partial charge on any atom is -0.346 e. The molecule has 0 unspecified atom stereocenters. The zero-order chi connectivity index (χ0) is 11.2. The number of rotatable bonds is 1. The fourth-order valence-corrected chi connectivity index (χ4v) is 2.93. The Morgan fingerprint density at radius 2 is 2.12 bits per heavy atom. The highest BCUT2D eigenvalue weighted by atomic mass is 15.1. The van der Waals surface area contributed by atoms with Crippen LogP contribution in [0.1, 0.15) is 25.5 Å². The minimum atomic E-state index is 0.160. The van der Waals surface area contributed by atoms with Gasteiger partial charge in [-0.15, -0.1) is 0 Å². The number of fused-ring (bicyclic) bond motifs is 1. The van der Waals surface area contributed by atoms with Crippen LogP contribution in [0.2, 0.25) is 0 Å². The van der Waals surface area contributed by atoms with Gasteiger partial charge in [-0.3, -0.25) is 0 Å². The Balaban J connectivity index is 2.20. The number of nitrogens with zero attached hydrogens (tertiary/aromatic N) is 1. The average Bonchev–Trinajstić information content (AvgIpc) is 2.86. The van der Waals surface area contributed by atoms with E-state index in [0.717, 1.165) is 6.54 Å². The van der Waals surface area contributed by atoms with Crippen molar-refractivity contribution in [3.8, 4) is 0 Å². The minimum absolute atomic E-state index is 0.160. The van der Waals surface area contributed by atoms with Crippen molar-refractivity contribution in [3.05, 3.63) is 36.0 Å². The molecular weight excluding hydrogens is 196 g/mol. The molecule has 1 aliphatic rings. The van der Waals surface area contributed by atoms with Crippen molar-refractivity contribution in [2.75, 3.05) is 6.54 Å². The number of nitrogens with one attached hydrogen (secondary N) is 1. The van der Waals surface area contributed by atoms with E-state index in [0.29, 0.717) is 0 Å². The molecule has 1 saturated heterocycles. The second kappa shape index (κ2) is 3.36. The number of hydrogen-bond donors (Lipinski definition) is 1. The third-order valence-electron chi connectivity index (χ3n) is 3.89. The molecule has 1 aromatic carbocycles. The average molecular weight is 214 g/mol. The Bertz CT molecular complexity index is 519. The monoisotopic (exact) mass is 214 g/mol. The first-order chi connectivity index (χ1) is 7.71. The van der Waals surface area contributed by atoms with Gasteiger partial charge in [0.05, 0.1) is 5.54 Å². The summed E-state index contributed by atoms with van der Waals surface area (Å²) in [5.74, 6) is 0. The normalized spacial score (nSPS) is 25.4. The topological polar surface area (TPSA) is 17.0 Å². The molecule has 2 heterocycles. The molecule has 0 saturated carbocycles. The molecule has 1 aromatic heterocycles. The lowest BCUT2D eigenvalue weighted by Gasteiger charge is -2.25. The van der Waals surface area contributed by atoms with Gasteiger partial charge in [-0.1, -0.05) is 18.2 Å². The van der Waals surface area contributed by atoms with E-state index in [9.17, 15) is 0 Å². The van der Waals surface area contributed by atoms with Gasteiger partial charge in [-0.25, -0.2) is 0 Å². The maximum absolute atomic E-state index is 3.63. The van der Waals surface area contributed by atoms with Gasteiger partial charge < -0.3 is 9.88 Å². The quantitative estimate of drug-likeness (QED) is 0.772. The Hall–Kier alpha value is -1.28. The maximum atomic E-state index is 3.63. The second-order valence-corrected chi connectivity index (χ2v) is 5.01. The summed E-state index contributed by atoms with van der Waals surface area (Å²) in [5, 5.41) is 4.97. The van der Waals surface area contributed by atoms with Crippen molar-refractivity contribution in [1.82, 2.24) is 9.88 Å². The van der Waals surface area contributed by atoms with Gasteiger partial charge in [-0.05, 0) is 43.8 Å². The highest BCUT2D eigenvalue weighted by molar-refractivity contribution is 5.81. The highest BCUT2D eigenvalue weighted by Crippen LogP contribution is 2.33. The summed E-state index contributed by atoms with van der Waals surface area (Å²) in [5.41, 5.74) is 2.90. The van der Waals surface area contributed by atoms with Gasteiger partial charge in [0.1, 0.15) is 0 Å². The largest absolute Gasteiger partial charge is 0.346 e. The first kappa shape index (κ1) is 9.91. The van der Waals surface area contributed by atoms with E-state index in [1.807, 2.05) is 0 Å². The molecule has 0 spiro atoms. The van der Waals surface area contributed by atoms with Gasteiger partial charge in [0.2, 0.25) is 0 Å². The fraction of sp³-hybridized carbons (Fsp3) is 0.429. The van der Waals surface area contributed by atoms with Crippen LogP contribution in [0.25, 0.3) is 10.9 Å². The summed E-state index contributed by atoms with van der Waals surface area (Å²) in [6.07, 6.45) is 2.51. The van der Waals surface area contributed by atoms with Crippen molar-refractivity contribution < 1.29 is 0 Å². The molecule has 2 nitrogen and oxygen atoms in total. The van der Waals surface area contributed by atoms with E-state index < -0.39 is 0 Å². The van der Waals surface area contributed by atoms with Crippen molar-refractivity contribution >= 4 is 10.9 Å². The van der Waals surface area contributed by atoms with Gasteiger partial charge in [0.25, 0.3) is 0 Å². The zero-order valence-electron chi connectivity index (χ0n) is 9.96. The summed E-state index contributed by atoms with van der Waals surface area (Å²) in [6, 6.07) is 10.9. The Morgan fingerprint density at radius 3 is 2.81 bits per heavy atom.